The minimum atomic E-state index is -3.40. The standard InChI is InChI=1S/C22H34N2O6S/c1-28-21-9-5-4-7-18(21)16-10-12-17(13-11-16)30-15-20-19(23-31(3,26)27)8-6-14-24(20)22(25)29-2/h4-5,7,9,16-17,19-20,23H,6,8,10-15H2,1-3H3/t16-,17+,19-,20-/m0/s1. The van der Waals surface area contributed by atoms with E-state index in [0.717, 1.165) is 37.7 Å². The van der Waals surface area contributed by atoms with Gasteiger partial charge in [0, 0.05) is 12.6 Å². The first kappa shape index (κ1) is 23.8. The molecule has 1 aromatic carbocycles. The van der Waals surface area contributed by atoms with Crippen LogP contribution in [0.25, 0.3) is 0 Å². The van der Waals surface area contributed by atoms with Gasteiger partial charge in [-0.3, -0.25) is 0 Å². The van der Waals surface area contributed by atoms with Gasteiger partial charge in [0.1, 0.15) is 5.75 Å². The number of methoxy groups -OCH3 is 2. The van der Waals surface area contributed by atoms with Crippen molar-refractivity contribution in [3.05, 3.63) is 29.8 Å². The van der Waals surface area contributed by atoms with Crippen molar-refractivity contribution in [2.24, 2.45) is 0 Å². The third kappa shape index (κ3) is 6.33. The number of carbonyl (C=O) groups excluding carboxylic acids is 1. The summed E-state index contributed by atoms with van der Waals surface area (Å²) in [6.45, 7) is 0.815. The van der Waals surface area contributed by atoms with Gasteiger partial charge in [0.25, 0.3) is 0 Å². The lowest BCUT2D eigenvalue weighted by molar-refractivity contribution is -0.0245. The smallest absolute Gasteiger partial charge is 0.409 e. The number of hydrogen-bond acceptors (Lipinski definition) is 6. The predicted octanol–water partition coefficient (Wildman–Crippen LogP) is 2.89. The highest BCUT2D eigenvalue weighted by atomic mass is 32.2. The maximum absolute atomic E-state index is 12.3. The minimum Gasteiger partial charge on any atom is -0.496 e. The van der Waals surface area contributed by atoms with Crippen LogP contribution in [0.4, 0.5) is 4.79 Å². The molecular weight excluding hydrogens is 420 g/mol. The zero-order chi connectivity index (χ0) is 22.4. The fraction of sp³-hybridized carbons (Fsp3) is 0.682. The van der Waals surface area contributed by atoms with E-state index in [2.05, 4.69) is 10.8 Å². The van der Waals surface area contributed by atoms with Gasteiger partial charge < -0.3 is 19.1 Å². The number of nitrogens with one attached hydrogen (secondary N) is 1. The Morgan fingerprint density at radius 2 is 1.84 bits per heavy atom. The summed E-state index contributed by atoms with van der Waals surface area (Å²) >= 11 is 0. The summed E-state index contributed by atoms with van der Waals surface area (Å²) in [5, 5.41) is 0. The molecule has 1 N–H and O–H groups in total. The third-order valence-electron chi connectivity index (χ3n) is 6.31. The summed E-state index contributed by atoms with van der Waals surface area (Å²) in [6.07, 6.45) is 5.98. The maximum Gasteiger partial charge on any atom is 0.409 e. The first-order valence-electron chi connectivity index (χ1n) is 10.9. The van der Waals surface area contributed by atoms with Gasteiger partial charge in [-0.25, -0.2) is 17.9 Å². The molecule has 3 rings (SSSR count). The number of likely N-dealkylation sites (tertiary alicyclic amines) is 1. The Morgan fingerprint density at radius 1 is 1.13 bits per heavy atom. The van der Waals surface area contributed by atoms with Crippen molar-refractivity contribution in [3.8, 4) is 5.75 Å². The molecule has 8 nitrogen and oxygen atoms in total. The van der Waals surface area contributed by atoms with Gasteiger partial charge in [0.05, 0.1) is 39.2 Å². The molecule has 0 spiro atoms. The molecule has 2 atom stereocenters. The van der Waals surface area contributed by atoms with E-state index >= 15 is 0 Å². The van der Waals surface area contributed by atoms with Crippen molar-refractivity contribution in [2.45, 2.75) is 62.6 Å². The second kappa shape index (κ2) is 10.7. The van der Waals surface area contributed by atoms with Crippen molar-refractivity contribution in [1.82, 2.24) is 9.62 Å². The number of piperidine rings is 1. The van der Waals surface area contributed by atoms with Gasteiger partial charge in [-0.1, -0.05) is 18.2 Å². The van der Waals surface area contributed by atoms with Crippen molar-refractivity contribution in [3.63, 3.8) is 0 Å². The Kier molecular flexibility index (Phi) is 8.18. The molecule has 0 bridgehead atoms. The summed E-state index contributed by atoms with van der Waals surface area (Å²) in [5.41, 5.74) is 1.24. The van der Waals surface area contributed by atoms with Crippen LogP contribution in [0.3, 0.4) is 0 Å². The summed E-state index contributed by atoms with van der Waals surface area (Å²) < 4.78 is 43.0. The van der Waals surface area contributed by atoms with Gasteiger partial charge in [-0.2, -0.15) is 0 Å². The van der Waals surface area contributed by atoms with Crippen LogP contribution >= 0.6 is 0 Å². The average molecular weight is 455 g/mol. The molecule has 0 unspecified atom stereocenters. The molecule has 0 aromatic heterocycles. The number of hydrogen-bond donors (Lipinski definition) is 1. The van der Waals surface area contributed by atoms with Gasteiger partial charge in [0.2, 0.25) is 10.0 Å². The largest absolute Gasteiger partial charge is 0.496 e. The monoisotopic (exact) mass is 454 g/mol. The molecule has 1 saturated carbocycles. The fourth-order valence-corrected chi connectivity index (χ4v) is 5.62. The number of amides is 1. The van der Waals surface area contributed by atoms with Crippen LogP contribution in [0, 0.1) is 0 Å². The molecule has 1 heterocycles. The molecular formula is C22H34N2O6S. The number of para-hydroxylation sites is 1. The van der Waals surface area contributed by atoms with Crippen LogP contribution < -0.4 is 9.46 Å². The number of ether oxygens (including phenoxy) is 3. The van der Waals surface area contributed by atoms with Crippen LogP contribution in [0.2, 0.25) is 0 Å². The van der Waals surface area contributed by atoms with E-state index in [0.29, 0.717) is 25.3 Å². The first-order chi connectivity index (χ1) is 14.8. The molecule has 2 aliphatic rings. The predicted molar refractivity (Wildman–Crippen MR) is 118 cm³/mol. The molecule has 1 aromatic rings. The van der Waals surface area contributed by atoms with Crippen LogP contribution in [0.15, 0.2) is 24.3 Å². The Labute approximate surface area is 185 Å². The molecule has 0 radical (unpaired) electrons. The zero-order valence-corrected chi connectivity index (χ0v) is 19.4. The Morgan fingerprint density at radius 3 is 2.48 bits per heavy atom. The van der Waals surface area contributed by atoms with Gasteiger partial charge >= 0.3 is 6.09 Å². The van der Waals surface area contributed by atoms with Crippen LogP contribution in [0.1, 0.15) is 50.0 Å². The lowest BCUT2D eigenvalue weighted by Crippen LogP contribution is -2.59. The normalized spacial score (nSPS) is 27.0. The second-order valence-electron chi connectivity index (χ2n) is 8.42. The van der Waals surface area contributed by atoms with E-state index in [1.165, 1.54) is 12.7 Å². The lowest BCUT2D eigenvalue weighted by atomic mass is 9.82. The molecule has 1 amide bonds. The van der Waals surface area contributed by atoms with Crippen molar-refractivity contribution < 1.29 is 27.4 Å². The van der Waals surface area contributed by atoms with Crippen LogP contribution in [-0.4, -0.2) is 71.2 Å². The van der Waals surface area contributed by atoms with E-state index in [1.54, 1.807) is 12.0 Å². The zero-order valence-electron chi connectivity index (χ0n) is 18.6. The number of sulfonamides is 1. The van der Waals surface area contributed by atoms with E-state index in [-0.39, 0.29) is 24.8 Å². The Balaban J connectivity index is 1.60. The summed E-state index contributed by atoms with van der Waals surface area (Å²) in [4.78, 5) is 13.8. The second-order valence-corrected chi connectivity index (χ2v) is 10.2. The third-order valence-corrected chi connectivity index (χ3v) is 7.04. The Bertz CT molecular complexity index is 838. The van der Waals surface area contributed by atoms with E-state index in [4.69, 9.17) is 14.2 Å². The molecule has 9 heteroatoms. The van der Waals surface area contributed by atoms with Gasteiger partial charge in [-0.05, 0) is 56.1 Å². The molecule has 1 aliphatic carbocycles. The van der Waals surface area contributed by atoms with Crippen molar-refractivity contribution in [2.75, 3.05) is 33.6 Å². The topological polar surface area (TPSA) is 94.2 Å². The molecule has 1 saturated heterocycles. The van der Waals surface area contributed by atoms with E-state index < -0.39 is 16.1 Å². The molecule has 1 aliphatic heterocycles. The number of benzene rings is 1. The molecule has 174 valence electrons. The summed E-state index contributed by atoms with van der Waals surface area (Å²) in [7, 11) is -0.356. The van der Waals surface area contributed by atoms with Gasteiger partial charge in [-0.15, -0.1) is 0 Å². The van der Waals surface area contributed by atoms with Crippen molar-refractivity contribution in [1.29, 1.82) is 0 Å². The summed E-state index contributed by atoms with van der Waals surface area (Å²) in [5.74, 6) is 1.37. The highest BCUT2D eigenvalue weighted by Crippen LogP contribution is 2.38. The van der Waals surface area contributed by atoms with Crippen LogP contribution in [-0.2, 0) is 19.5 Å². The first-order valence-corrected chi connectivity index (χ1v) is 12.8. The molecule has 2 fully saturated rings. The molecule has 31 heavy (non-hydrogen) atoms. The SMILES string of the molecule is COC(=O)N1CCC[C@H](NS(C)(=O)=O)[C@@H]1CO[C@H]1CC[C@@H](c2ccccc2OC)CC1. The fourth-order valence-electron chi connectivity index (χ4n) is 4.80. The number of nitrogens with zero attached hydrogens (tertiary/aromatic N) is 1. The number of rotatable bonds is 7. The lowest BCUT2D eigenvalue weighted by Gasteiger charge is -2.41. The Hall–Kier alpha value is -1.84. The van der Waals surface area contributed by atoms with Crippen molar-refractivity contribution >= 4 is 16.1 Å². The average Bonchev–Trinajstić information content (AvgIpc) is 2.77. The highest BCUT2D eigenvalue weighted by molar-refractivity contribution is 7.88. The van der Waals surface area contributed by atoms with E-state index in [1.807, 2.05) is 18.2 Å². The van der Waals surface area contributed by atoms with E-state index in [9.17, 15) is 13.2 Å². The summed E-state index contributed by atoms with van der Waals surface area (Å²) in [6, 6.07) is 7.38. The maximum atomic E-state index is 12.3. The number of carbonyl (C=O) groups is 1. The highest BCUT2D eigenvalue weighted by Gasteiger charge is 2.37. The van der Waals surface area contributed by atoms with Gasteiger partial charge in [0.15, 0.2) is 0 Å². The quantitative estimate of drug-likeness (QED) is 0.681. The van der Waals surface area contributed by atoms with Crippen LogP contribution in [0.5, 0.6) is 5.75 Å². The minimum absolute atomic E-state index is 0.0891.